The Balaban J connectivity index is 1.99. The normalized spacial score (nSPS) is 19.2. The van der Waals surface area contributed by atoms with Crippen LogP contribution in [0.1, 0.15) is 12.8 Å². The molecule has 17 heavy (non-hydrogen) atoms. The van der Waals surface area contributed by atoms with Gasteiger partial charge in [0, 0.05) is 21.4 Å². The summed E-state index contributed by atoms with van der Waals surface area (Å²) in [6.45, 7) is 1.75. The van der Waals surface area contributed by atoms with Crippen molar-refractivity contribution in [3.05, 3.63) is 23.2 Å². The highest BCUT2D eigenvalue weighted by Gasteiger charge is 2.29. The minimum absolute atomic E-state index is 0.579. The molecule has 1 aliphatic heterocycles. The van der Waals surface area contributed by atoms with Gasteiger partial charge in [0.2, 0.25) is 0 Å². The average Bonchev–Trinajstić information content (AvgIpc) is 2.31. The number of nitrogen functional groups attached to an aromatic ring is 1. The van der Waals surface area contributed by atoms with Crippen molar-refractivity contribution in [2.24, 2.45) is 0 Å². The van der Waals surface area contributed by atoms with E-state index in [1.165, 1.54) is 0 Å². The molecule has 0 spiro atoms. The maximum Gasteiger partial charge on any atom is 0.0765 e. The molecule has 5 heteroatoms. The summed E-state index contributed by atoms with van der Waals surface area (Å²) >= 11 is 7.51. The summed E-state index contributed by atoms with van der Waals surface area (Å²) in [6, 6.07) is 5.43. The minimum Gasteiger partial charge on any atom is -0.398 e. The van der Waals surface area contributed by atoms with Crippen LogP contribution < -0.4 is 11.1 Å². The van der Waals surface area contributed by atoms with Gasteiger partial charge in [-0.1, -0.05) is 11.6 Å². The molecule has 1 aliphatic rings. The van der Waals surface area contributed by atoms with Crippen molar-refractivity contribution in [1.82, 2.24) is 5.32 Å². The minimum atomic E-state index is -0.579. The van der Waals surface area contributed by atoms with Crippen LogP contribution >= 0.6 is 23.4 Å². The van der Waals surface area contributed by atoms with Crippen LogP contribution in [0.15, 0.2) is 23.1 Å². The molecule has 0 atom stereocenters. The van der Waals surface area contributed by atoms with Gasteiger partial charge in [0.25, 0.3) is 0 Å². The highest BCUT2D eigenvalue weighted by atomic mass is 35.5. The summed E-state index contributed by atoms with van der Waals surface area (Å²) in [5.74, 6) is 0.666. The Bertz CT molecular complexity index is 394. The van der Waals surface area contributed by atoms with Crippen LogP contribution in [-0.2, 0) is 0 Å². The predicted octanol–water partition coefficient (Wildman–Crippen LogP) is 2.13. The van der Waals surface area contributed by atoms with Gasteiger partial charge in [-0.25, -0.2) is 0 Å². The molecule has 0 bridgehead atoms. The maximum absolute atomic E-state index is 10.4. The third-order valence-electron chi connectivity index (χ3n) is 3.01. The third kappa shape index (κ3) is 3.52. The van der Waals surface area contributed by atoms with E-state index in [0.717, 1.165) is 36.5 Å². The molecular formula is C12H17ClN2OS. The van der Waals surface area contributed by atoms with Crippen molar-refractivity contribution in [3.63, 3.8) is 0 Å². The second-order valence-electron chi connectivity index (χ2n) is 4.45. The number of anilines is 1. The highest BCUT2D eigenvalue weighted by molar-refractivity contribution is 7.99. The summed E-state index contributed by atoms with van der Waals surface area (Å²) in [5.41, 5.74) is 6.02. The first-order chi connectivity index (χ1) is 8.09. The van der Waals surface area contributed by atoms with Gasteiger partial charge in [-0.15, -0.1) is 11.8 Å². The first-order valence-corrected chi connectivity index (χ1v) is 7.06. The number of piperidine rings is 1. The number of hydrogen-bond acceptors (Lipinski definition) is 4. The lowest BCUT2D eigenvalue weighted by Gasteiger charge is -2.32. The lowest BCUT2D eigenvalue weighted by molar-refractivity contribution is 0.0339. The summed E-state index contributed by atoms with van der Waals surface area (Å²) in [6.07, 6.45) is 1.58. The van der Waals surface area contributed by atoms with Gasteiger partial charge in [-0.3, -0.25) is 0 Å². The molecule has 1 saturated heterocycles. The zero-order valence-corrected chi connectivity index (χ0v) is 11.2. The van der Waals surface area contributed by atoms with Crippen LogP contribution in [0.3, 0.4) is 0 Å². The van der Waals surface area contributed by atoms with Crippen molar-refractivity contribution >= 4 is 29.1 Å². The van der Waals surface area contributed by atoms with E-state index in [2.05, 4.69) is 5.32 Å². The third-order valence-corrected chi connectivity index (χ3v) is 4.59. The molecule has 4 N–H and O–H groups in total. The Kier molecular flexibility index (Phi) is 4.20. The average molecular weight is 273 g/mol. The standard InChI is InChI=1S/C12H17ClN2OS/c13-9-1-2-10(14)11(7-9)17-8-12(16)3-5-15-6-4-12/h1-2,7,15-16H,3-6,8,14H2. The fraction of sp³-hybridized carbons (Fsp3) is 0.500. The van der Waals surface area contributed by atoms with E-state index in [0.29, 0.717) is 10.8 Å². The Labute approximate surface area is 111 Å². The molecule has 0 saturated carbocycles. The van der Waals surface area contributed by atoms with Gasteiger partial charge in [-0.05, 0) is 44.1 Å². The van der Waals surface area contributed by atoms with E-state index >= 15 is 0 Å². The molecule has 0 aromatic heterocycles. The van der Waals surface area contributed by atoms with E-state index in [4.69, 9.17) is 17.3 Å². The molecule has 1 fully saturated rings. The monoisotopic (exact) mass is 272 g/mol. The van der Waals surface area contributed by atoms with Gasteiger partial charge < -0.3 is 16.2 Å². The molecule has 0 radical (unpaired) electrons. The van der Waals surface area contributed by atoms with Gasteiger partial charge >= 0.3 is 0 Å². The van der Waals surface area contributed by atoms with Crippen molar-refractivity contribution in [1.29, 1.82) is 0 Å². The van der Waals surface area contributed by atoms with E-state index < -0.39 is 5.60 Å². The zero-order chi connectivity index (χ0) is 12.3. The number of halogens is 1. The fourth-order valence-corrected chi connectivity index (χ4v) is 3.28. The molecule has 0 unspecified atom stereocenters. The first kappa shape index (κ1) is 13.0. The first-order valence-electron chi connectivity index (χ1n) is 5.70. The zero-order valence-electron chi connectivity index (χ0n) is 9.58. The van der Waals surface area contributed by atoms with Crippen molar-refractivity contribution in [2.75, 3.05) is 24.6 Å². The Morgan fingerprint density at radius 2 is 2.12 bits per heavy atom. The molecule has 2 rings (SSSR count). The molecular weight excluding hydrogens is 256 g/mol. The molecule has 3 nitrogen and oxygen atoms in total. The fourth-order valence-electron chi connectivity index (χ4n) is 1.88. The number of hydrogen-bond donors (Lipinski definition) is 3. The van der Waals surface area contributed by atoms with Crippen LogP contribution in [0.5, 0.6) is 0 Å². The van der Waals surface area contributed by atoms with E-state index in [1.807, 2.05) is 6.07 Å². The number of aliphatic hydroxyl groups is 1. The molecule has 94 valence electrons. The molecule has 1 aromatic rings. The lowest BCUT2D eigenvalue weighted by Crippen LogP contribution is -2.43. The number of nitrogens with one attached hydrogen (secondary N) is 1. The van der Waals surface area contributed by atoms with Crippen molar-refractivity contribution in [3.8, 4) is 0 Å². The quantitative estimate of drug-likeness (QED) is 0.583. The molecule has 0 amide bonds. The van der Waals surface area contributed by atoms with E-state index in [1.54, 1.807) is 23.9 Å². The number of rotatable bonds is 3. The van der Waals surface area contributed by atoms with Gasteiger partial charge in [0.15, 0.2) is 0 Å². The summed E-state index contributed by atoms with van der Waals surface area (Å²) in [4.78, 5) is 0.949. The van der Waals surface area contributed by atoms with Crippen LogP contribution in [0.2, 0.25) is 5.02 Å². The Morgan fingerprint density at radius 1 is 1.41 bits per heavy atom. The van der Waals surface area contributed by atoms with Crippen LogP contribution in [0, 0.1) is 0 Å². The van der Waals surface area contributed by atoms with Crippen LogP contribution in [-0.4, -0.2) is 29.5 Å². The lowest BCUT2D eigenvalue weighted by atomic mass is 9.95. The second kappa shape index (κ2) is 5.48. The Hall–Kier alpha value is -0.420. The second-order valence-corrected chi connectivity index (χ2v) is 5.90. The maximum atomic E-state index is 10.4. The van der Waals surface area contributed by atoms with Crippen molar-refractivity contribution < 1.29 is 5.11 Å². The Morgan fingerprint density at radius 3 is 2.82 bits per heavy atom. The number of thioether (sulfide) groups is 1. The van der Waals surface area contributed by atoms with Gasteiger partial charge in [0.05, 0.1) is 5.60 Å². The predicted molar refractivity (Wildman–Crippen MR) is 73.6 cm³/mol. The van der Waals surface area contributed by atoms with E-state index in [9.17, 15) is 5.11 Å². The highest BCUT2D eigenvalue weighted by Crippen LogP contribution is 2.32. The van der Waals surface area contributed by atoms with E-state index in [-0.39, 0.29) is 0 Å². The van der Waals surface area contributed by atoms with Crippen molar-refractivity contribution in [2.45, 2.75) is 23.3 Å². The van der Waals surface area contributed by atoms with Crippen LogP contribution in [0.25, 0.3) is 0 Å². The van der Waals surface area contributed by atoms with Gasteiger partial charge in [-0.2, -0.15) is 0 Å². The topological polar surface area (TPSA) is 58.3 Å². The summed E-state index contributed by atoms with van der Waals surface area (Å²) in [5, 5.41) is 14.3. The number of nitrogens with two attached hydrogens (primary N) is 1. The molecule has 1 heterocycles. The molecule has 0 aliphatic carbocycles. The SMILES string of the molecule is Nc1ccc(Cl)cc1SCC1(O)CCNCC1. The van der Waals surface area contributed by atoms with Crippen LogP contribution in [0.4, 0.5) is 5.69 Å². The molecule has 1 aromatic carbocycles. The summed E-state index contributed by atoms with van der Waals surface area (Å²) in [7, 11) is 0. The van der Waals surface area contributed by atoms with Gasteiger partial charge in [0.1, 0.15) is 0 Å². The number of benzene rings is 1. The summed E-state index contributed by atoms with van der Waals surface area (Å²) < 4.78 is 0. The largest absolute Gasteiger partial charge is 0.398 e. The smallest absolute Gasteiger partial charge is 0.0765 e.